The van der Waals surface area contributed by atoms with Crippen LogP contribution in [0.5, 0.6) is 0 Å². The molecule has 0 bridgehead atoms. The summed E-state index contributed by atoms with van der Waals surface area (Å²) in [7, 11) is 0. The second-order valence-corrected chi connectivity index (χ2v) is 5.37. The molecule has 0 saturated carbocycles. The molecule has 0 amide bonds. The summed E-state index contributed by atoms with van der Waals surface area (Å²) in [5.41, 5.74) is 1.01. The summed E-state index contributed by atoms with van der Waals surface area (Å²) in [4.78, 5) is 11.5. The third-order valence-corrected chi connectivity index (χ3v) is 3.80. The number of nitrogens with zero attached hydrogens (tertiary/aromatic N) is 3. The molecule has 4 heteroatoms. The molecule has 0 radical (unpaired) electrons. The fourth-order valence-corrected chi connectivity index (χ4v) is 2.75. The molecule has 1 aromatic heterocycles. The fraction of sp³-hybridized carbons (Fsp3) is 0.467. The van der Waals surface area contributed by atoms with E-state index in [1.807, 2.05) is 30.5 Å². The van der Waals surface area contributed by atoms with Gasteiger partial charge in [0.2, 0.25) is 5.95 Å². The molecule has 2 rings (SSSR count). The largest absolute Gasteiger partial charge is 0.337 e. The zero-order valence-electron chi connectivity index (χ0n) is 11.5. The molecule has 0 unspecified atom stereocenters. The van der Waals surface area contributed by atoms with Gasteiger partial charge >= 0.3 is 0 Å². The highest BCUT2D eigenvalue weighted by Crippen LogP contribution is 2.19. The number of fused-ring (bicyclic) bond motifs is 1. The lowest BCUT2D eigenvalue weighted by molar-refractivity contribution is 0.558. The lowest BCUT2D eigenvalue weighted by Gasteiger charge is -2.30. The summed E-state index contributed by atoms with van der Waals surface area (Å²) in [5.74, 6) is 0.840. The summed E-state index contributed by atoms with van der Waals surface area (Å²) in [6, 6.07) is 8.62. The zero-order chi connectivity index (χ0) is 13.7. The van der Waals surface area contributed by atoms with Gasteiger partial charge in [-0.2, -0.15) is 0 Å². The Bertz CT molecular complexity index is 526. The number of anilines is 1. The molecule has 0 aliphatic heterocycles. The van der Waals surface area contributed by atoms with Gasteiger partial charge in [-0.05, 0) is 18.9 Å². The Labute approximate surface area is 123 Å². The van der Waals surface area contributed by atoms with Gasteiger partial charge in [-0.15, -0.1) is 0 Å². The van der Waals surface area contributed by atoms with Crippen LogP contribution >= 0.6 is 15.9 Å². The van der Waals surface area contributed by atoms with E-state index in [0.717, 1.165) is 41.6 Å². The Morgan fingerprint density at radius 3 is 2.63 bits per heavy atom. The lowest BCUT2D eigenvalue weighted by Crippen LogP contribution is -2.37. The maximum Gasteiger partial charge on any atom is 0.226 e. The van der Waals surface area contributed by atoms with Crippen molar-refractivity contribution in [3.63, 3.8) is 0 Å². The third kappa shape index (κ3) is 3.24. The van der Waals surface area contributed by atoms with Gasteiger partial charge in [-0.3, -0.25) is 0 Å². The molecule has 19 heavy (non-hydrogen) atoms. The monoisotopic (exact) mass is 321 g/mol. The smallest absolute Gasteiger partial charge is 0.226 e. The standard InChI is InChI=1S/C15H20BrN3/c1-3-13(4-2)19(10-9-16)15-17-11-12-7-5-6-8-14(12)18-15/h5-8,11,13H,3-4,9-10H2,1-2H3. The zero-order valence-corrected chi connectivity index (χ0v) is 13.1. The highest BCUT2D eigenvalue weighted by molar-refractivity contribution is 9.09. The Morgan fingerprint density at radius 1 is 1.21 bits per heavy atom. The molecule has 2 aromatic rings. The van der Waals surface area contributed by atoms with Gasteiger partial charge in [-0.1, -0.05) is 48.0 Å². The van der Waals surface area contributed by atoms with Crippen molar-refractivity contribution >= 4 is 32.8 Å². The number of para-hydroxylation sites is 1. The third-order valence-electron chi connectivity index (χ3n) is 3.44. The molecule has 102 valence electrons. The highest BCUT2D eigenvalue weighted by Gasteiger charge is 2.17. The molecular weight excluding hydrogens is 302 g/mol. The van der Waals surface area contributed by atoms with E-state index < -0.39 is 0 Å². The van der Waals surface area contributed by atoms with Crippen molar-refractivity contribution in [3.05, 3.63) is 30.5 Å². The maximum absolute atomic E-state index is 4.70. The minimum Gasteiger partial charge on any atom is -0.337 e. The van der Waals surface area contributed by atoms with Crippen molar-refractivity contribution in [2.45, 2.75) is 32.7 Å². The minimum absolute atomic E-state index is 0.499. The van der Waals surface area contributed by atoms with Crippen LogP contribution in [0.15, 0.2) is 30.5 Å². The van der Waals surface area contributed by atoms with Crippen LogP contribution in [-0.2, 0) is 0 Å². The van der Waals surface area contributed by atoms with Crippen molar-refractivity contribution < 1.29 is 0 Å². The van der Waals surface area contributed by atoms with Crippen LogP contribution in [0.3, 0.4) is 0 Å². The van der Waals surface area contributed by atoms with Crippen molar-refractivity contribution in [1.82, 2.24) is 9.97 Å². The first-order valence-electron chi connectivity index (χ1n) is 6.84. The van der Waals surface area contributed by atoms with Gasteiger partial charge in [0.1, 0.15) is 0 Å². The molecular formula is C15H20BrN3. The predicted molar refractivity (Wildman–Crippen MR) is 85.0 cm³/mol. The fourth-order valence-electron chi connectivity index (χ4n) is 2.37. The minimum atomic E-state index is 0.499. The Morgan fingerprint density at radius 2 is 1.95 bits per heavy atom. The number of hydrogen-bond donors (Lipinski definition) is 0. The molecule has 0 spiro atoms. The average molecular weight is 322 g/mol. The molecule has 0 saturated heterocycles. The molecule has 1 aromatic carbocycles. The van der Waals surface area contributed by atoms with Crippen LogP contribution in [0.4, 0.5) is 5.95 Å². The molecule has 0 atom stereocenters. The molecule has 0 N–H and O–H groups in total. The molecule has 0 aliphatic rings. The lowest BCUT2D eigenvalue weighted by atomic mass is 10.1. The maximum atomic E-state index is 4.70. The van der Waals surface area contributed by atoms with Gasteiger partial charge in [0.25, 0.3) is 0 Å². The van der Waals surface area contributed by atoms with E-state index in [1.54, 1.807) is 0 Å². The first-order chi connectivity index (χ1) is 9.30. The van der Waals surface area contributed by atoms with Gasteiger partial charge in [0, 0.05) is 29.5 Å². The number of hydrogen-bond acceptors (Lipinski definition) is 3. The van der Waals surface area contributed by atoms with E-state index in [9.17, 15) is 0 Å². The second-order valence-electron chi connectivity index (χ2n) is 4.58. The number of aromatic nitrogens is 2. The number of alkyl halides is 1. The van der Waals surface area contributed by atoms with E-state index in [0.29, 0.717) is 6.04 Å². The van der Waals surface area contributed by atoms with Gasteiger partial charge in [0.05, 0.1) is 5.52 Å². The van der Waals surface area contributed by atoms with Crippen molar-refractivity contribution in [1.29, 1.82) is 0 Å². The van der Waals surface area contributed by atoms with E-state index in [1.165, 1.54) is 0 Å². The predicted octanol–water partition coefficient (Wildman–Crippen LogP) is 4.02. The topological polar surface area (TPSA) is 29.0 Å². The summed E-state index contributed by atoms with van der Waals surface area (Å²) >= 11 is 3.53. The van der Waals surface area contributed by atoms with Crippen LogP contribution in [0.1, 0.15) is 26.7 Å². The molecule has 3 nitrogen and oxygen atoms in total. The number of benzene rings is 1. The van der Waals surface area contributed by atoms with Crippen LogP contribution < -0.4 is 4.90 Å². The Hall–Kier alpha value is -1.16. The van der Waals surface area contributed by atoms with Gasteiger partial charge < -0.3 is 4.90 Å². The number of halogens is 1. The molecule has 0 fully saturated rings. The average Bonchev–Trinajstić information content (AvgIpc) is 2.47. The van der Waals surface area contributed by atoms with Gasteiger partial charge in [-0.25, -0.2) is 9.97 Å². The van der Waals surface area contributed by atoms with Crippen molar-refractivity contribution in [3.8, 4) is 0 Å². The number of rotatable bonds is 6. The molecule has 1 heterocycles. The van der Waals surface area contributed by atoms with Crippen molar-refractivity contribution in [2.75, 3.05) is 16.8 Å². The van der Waals surface area contributed by atoms with E-state index >= 15 is 0 Å². The second kappa shape index (κ2) is 6.85. The Kier molecular flexibility index (Phi) is 5.14. The van der Waals surface area contributed by atoms with Crippen LogP contribution in [-0.4, -0.2) is 27.9 Å². The summed E-state index contributed by atoms with van der Waals surface area (Å²) in [6.07, 6.45) is 4.14. The van der Waals surface area contributed by atoms with Gasteiger partial charge in [0.15, 0.2) is 0 Å². The van der Waals surface area contributed by atoms with Crippen LogP contribution in [0.2, 0.25) is 0 Å². The quantitative estimate of drug-likeness (QED) is 0.752. The van der Waals surface area contributed by atoms with E-state index in [-0.39, 0.29) is 0 Å². The SMILES string of the molecule is CCC(CC)N(CCBr)c1ncc2ccccc2n1. The van der Waals surface area contributed by atoms with E-state index in [4.69, 9.17) is 4.98 Å². The highest BCUT2D eigenvalue weighted by atomic mass is 79.9. The summed E-state index contributed by atoms with van der Waals surface area (Å²) in [5, 5.41) is 2.02. The van der Waals surface area contributed by atoms with Crippen LogP contribution in [0, 0.1) is 0 Å². The summed E-state index contributed by atoms with van der Waals surface area (Å²) < 4.78 is 0. The molecule has 0 aliphatic carbocycles. The Balaban J connectivity index is 2.37. The van der Waals surface area contributed by atoms with Crippen molar-refractivity contribution in [2.24, 2.45) is 0 Å². The van der Waals surface area contributed by atoms with Crippen LogP contribution in [0.25, 0.3) is 10.9 Å². The normalized spacial score (nSPS) is 11.2. The summed E-state index contributed by atoms with van der Waals surface area (Å²) in [6.45, 7) is 5.37. The first kappa shape index (κ1) is 14.3. The van der Waals surface area contributed by atoms with E-state index in [2.05, 4.69) is 39.7 Å². The first-order valence-corrected chi connectivity index (χ1v) is 7.96.